The molecule has 1 aliphatic rings. The number of aromatic carboxylic acids is 1. The number of hydrogen-bond acceptors (Lipinski definition) is 6. The van der Waals surface area contributed by atoms with Crippen molar-refractivity contribution in [3.63, 3.8) is 0 Å². The molecule has 2 heterocycles. The third-order valence-electron chi connectivity index (χ3n) is 4.12. The fourth-order valence-corrected chi connectivity index (χ4v) is 3.99. The van der Waals surface area contributed by atoms with Gasteiger partial charge in [0.25, 0.3) is 0 Å². The van der Waals surface area contributed by atoms with E-state index >= 15 is 0 Å². The van der Waals surface area contributed by atoms with E-state index in [0.717, 1.165) is 33.3 Å². The average molecular weight is 339 g/mol. The number of carboxylic acid groups (broad SMARTS) is 1. The van der Waals surface area contributed by atoms with E-state index in [9.17, 15) is 9.90 Å². The van der Waals surface area contributed by atoms with Crippen LogP contribution in [-0.2, 0) is 6.42 Å². The summed E-state index contributed by atoms with van der Waals surface area (Å²) in [7, 11) is 0. The number of thiophene rings is 1. The number of nitrogens with zero attached hydrogens (tertiary/aromatic N) is 2. The summed E-state index contributed by atoms with van der Waals surface area (Å²) in [6.45, 7) is 0. The first-order chi connectivity index (χ1) is 11.7. The molecule has 120 valence electrons. The van der Waals surface area contributed by atoms with Gasteiger partial charge in [0.05, 0.1) is 16.1 Å². The van der Waals surface area contributed by atoms with Crippen LogP contribution < -0.4 is 5.32 Å². The molecule has 0 saturated heterocycles. The van der Waals surface area contributed by atoms with Crippen molar-refractivity contribution in [2.24, 2.45) is 5.16 Å². The smallest absolute Gasteiger partial charge is 0.348 e. The molecule has 1 aromatic carbocycles. The molecule has 1 aliphatic carbocycles. The maximum Gasteiger partial charge on any atom is 0.348 e. The minimum Gasteiger partial charge on any atom is -0.477 e. The summed E-state index contributed by atoms with van der Waals surface area (Å²) in [4.78, 5) is 15.9. The fraction of sp³-hybridized carbons (Fsp3) is 0.118. The van der Waals surface area contributed by atoms with Crippen LogP contribution in [0.15, 0.2) is 41.8 Å². The quantitative estimate of drug-likeness (QED) is 0.497. The molecule has 0 atom stereocenters. The molecule has 3 N–H and O–H groups in total. The number of anilines is 2. The molecule has 7 heteroatoms. The highest BCUT2D eigenvalue weighted by molar-refractivity contribution is 7.21. The van der Waals surface area contributed by atoms with Crippen LogP contribution in [0.25, 0.3) is 10.1 Å². The standard InChI is InChI=1S/C17H13N3O3S/c21-17(22)16-15(12-5-6-18-8-14(12)24-16)19-10-2-3-11-9(7-10)1-4-13(11)20-23/h2-3,5-8,19,23H,1,4H2,(H,21,22)/b20-13+. The lowest BCUT2D eigenvalue weighted by atomic mass is 10.1. The van der Waals surface area contributed by atoms with Crippen LogP contribution >= 0.6 is 11.3 Å². The first-order valence-corrected chi connectivity index (χ1v) is 8.20. The Balaban J connectivity index is 1.78. The van der Waals surface area contributed by atoms with Crippen molar-refractivity contribution in [2.75, 3.05) is 5.32 Å². The van der Waals surface area contributed by atoms with Gasteiger partial charge in [-0.25, -0.2) is 4.79 Å². The number of rotatable bonds is 3. The molecule has 0 saturated carbocycles. The second kappa shape index (κ2) is 5.61. The van der Waals surface area contributed by atoms with Gasteiger partial charge in [0, 0.05) is 29.0 Å². The first-order valence-electron chi connectivity index (χ1n) is 7.38. The van der Waals surface area contributed by atoms with Crippen LogP contribution in [0, 0.1) is 0 Å². The topological polar surface area (TPSA) is 94.8 Å². The largest absolute Gasteiger partial charge is 0.477 e. The second-order valence-electron chi connectivity index (χ2n) is 5.53. The Morgan fingerprint density at radius 1 is 1.29 bits per heavy atom. The molecule has 0 amide bonds. The molecule has 3 aromatic rings. The van der Waals surface area contributed by atoms with Gasteiger partial charge in [0.15, 0.2) is 0 Å². The van der Waals surface area contributed by atoms with Gasteiger partial charge in [-0.05, 0) is 36.6 Å². The van der Waals surface area contributed by atoms with E-state index in [0.29, 0.717) is 17.8 Å². The summed E-state index contributed by atoms with van der Waals surface area (Å²) in [5.74, 6) is -0.963. The number of nitrogens with one attached hydrogen (secondary N) is 1. The molecule has 2 aromatic heterocycles. The number of carboxylic acids is 1. The number of aryl methyl sites for hydroxylation is 1. The molecule has 0 unspecified atom stereocenters. The highest BCUT2D eigenvalue weighted by Gasteiger charge is 2.21. The summed E-state index contributed by atoms with van der Waals surface area (Å²) in [6, 6.07) is 7.55. The SMILES string of the molecule is O=C(O)c1sc2cnccc2c1Nc1ccc2c(c1)CC/C2=N\O. The molecular weight excluding hydrogens is 326 g/mol. The normalized spacial score (nSPS) is 14.9. The zero-order valence-corrected chi connectivity index (χ0v) is 13.3. The van der Waals surface area contributed by atoms with Crippen LogP contribution in [0.1, 0.15) is 27.2 Å². The van der Waals surface area contributed by atoms with Crippen molar-refractivity contribution < 1.29 is 15.1 Å². The van der Waals surface area contributed by atoms with E-state index < -0.39 is 5.97 Å². The molecule has 0 aliphatic heterocycles. The van der Waals surface area contributed by atoms with Crippen molar-refractivity contribution in [1.82, 2.24) is 4.98 Å². The Morgan fingerprint density at radius 2 is 2.17 bits per heavy atom. The first kappa shape index (κ1) is 14.6. The summed E-state index contributed by atoms with van der Waals surface area (Å²) < 4.78 is 0.827. The second-order valence-corrected chi connectivity index (χ2v) is 6.58. The zero-order valence-electron chi connectivity index (χ0n) is 12.5. The van der Waals surface area contributed by atoms with Crippen LogP contribution in [0.4, 0.5) is 11.4 Å². The van der Waals surface area contributed by atoms with Crippen molar-refractivity contribution in [3.8, 4) is 0 Å². The number of fused-ring (bicyclic) bond motifs is 2. The predicted molar refractivity (Wildman–Crippen MR) is 92.9 cm³/mol. The molecule has 0 bridgehead atoms. The monoisotopic (exact) mass is 339 g/mol. The van der Waals surface area contributed by atoms with Gasteiger partial charge in [0.2, 0.25) is 0 Å². The lowest BCUT2D eigenvalue weighted by Crippen LogP contribution is -2.00. The molecule has 0 spiro atoms. The lowest BCUT2D eigenvalue weighted by molar-refractivity contribution is 0.0703. The molecular formula is C17H13N3O3S. The fourth-order valence-electron chi connectivity index (χ4n) is 3.02. The summed E-state index contributed by atoms with van der Waals surface area (Å²) in [5.41, 5.74) is 4.12. The summed E-state index contributed by atoms with van der Waals surface area (Å²) in [6.07, 6.45) is 4.84. The predicted octanol–water partition coefficient (Wildman–Crippen LogP) is 3.86. The van der Waals surface area contributed by atoms with Gasteiger partial charge in [-0.3, -0.25) is 4.98 Å². The molecule has 24 heavy (non-hydrogen) atoms. The van der Waals surface area contributed by atoms with Crippen molar-refractivity contribution in [3.05, 3.63) is 52.7 Å². The third-order valence-corrected chi connectivity index (χ3v) is 5.25. The van der Waals surface area contributed by atoms with E-state index in [1.807, 2.05) is 24.3 Å². The average Bonchev–Trinajstić information content (AvgIpc) is 3.16. The minimum atomic E-state index is -0.963. The van der Waals surface area contributed by atoms with Gasteiger partial charge in [0.1, 0.15) is 4.88 Å². The maximum atomic E-state index is 11.6. The third kappa shape index (κ3) is 2.30. The zero-order chi connectivity index (χ0) is 16.7. The number of pyridine rings is 1. The minimum absolute atomic E-state index is 0.260. The van der Waals surface area contributed by atoms with Crippen LogP contribution in [0.5, 0.6) is 0 Å². The molecule has 6 nitrogen and oxygen atoms in total. The Bertz CT molecular complexity index is 994. The molecule has 0 radical (unpaired) electrons. The Kier molecular flexibility index (Phi) is 3.42. The number of hydrogen-bond donors (Lipinski definition) is 3. The summed E-state index contributed by atoms with van der Waals surface area (Å²) >= 11 is 1.20. The van der Waals surface area contributed by atoms with Crippen molar-refractivity contribution in [1.29, 1.82) is 0 Å². The van der Waals surface area contributed by atoms with Gasteiger partial charge in [-0.2, -0.15) is 0 Å². The Labute approximate surface area is 141 Å². The number of carbonyl (C=O) groups is 1. The van der Waals surface area contributed by atoms with Crippen molar-refractivity contribution in [2.45, 2.75) is 12.8 Å². The van der Waals surface area contributed by atoms with Gasteiger partial charge in [-0.15, -0.1) is 11.3 Å². The van der Waals surface area contributed by atoms with Gasteiger partial charge >= 0.3 is 5.97 Å². The number of benzene rings is 1. The number of aromatic nitrogens is 1. The maximum absolute atomic E-state index is 11.6. The summed E-state index contributed by atoms with van der Waals surface area (Å²) in [5, 5.41) is 25.9. The Hall–Kier alpha value is -2.93. The van der Waals surface area contributed by atoms with E-state index in [2.05, 4.69) is 15.5 Å². The van der Waals surface area contributed by atoms with E-state index in [1.54, 1.807) is 12.4 Å². The molecule has 4 rings (SSSR count). The highest BCUT2D eigenvalue weighted by Crippen LogP contribution is 2.37. The van der Waals surface area contributed by atoms with Gasteiger partial charge < -0.3 is 15.6 Å². The van der Waals surface area contributed by atoms with Gasteiger partial charge in [-0.1, -0.05) is 11.2 Å². The van der Waals surface area contributed by atoms with Crippen LogP contribution in [-0.4, -0.2) is 27.0 Å². The van der Waals surface area contributed by atoms with Crippen molar-refractivity contribution >= 4 is 44.5 Å². The van der Waals surface area contributed by atoms with E-state index in [-0.39, 0.29) is 4.88 Å². The Morgan fingerprint density at radius 3 is 2.96 bits per heavy atom. The van der Waals surface area contributed by atoms with E-state index in [4.69, 9.17) is 5.21 Å². The lowest BCUT2D eigenvalue weighted by Gasteiger charge is -2.09. The molecule has 0 fully saturated rings. The van der Waals surface area contributed by atoms with Crippen LogP contribution in [0.2, 0.25) is 0 Å². The highest BCUT2D eigenvalue weighted by atomic mass is 32.1. The van der Waals surface area contributed by atoms with E-state index in [1.165, 1.54) is 11.3 Å². The van der Waals surface area contributed by atoms with Crippen LogP contribution in [0.3, 0.4) is 0 Å². The number of oxime groups is 1.